The topological polar surface area (TPSA) is 73.3 Å². The van der Waals surface area contributed by atoms with Crippen LogP contribution in [0.3, 0.4) is 0 Å². The van der Waals surface area contributed by atoms with Gasteiger partial charge in [-0.15, -0.1) is 11.3 Å². The molecule has 0 aliphatic carbocycles. The predicted molar refractivity (Wildman–Crippen MR) is 94.4 cm³/mol. The van der Waals surface area contributed by atoms with E-state index in [2.05, 4.69) is 15.3 Å². The molecule has 0 saturated carbocycles. The number of nitrogens with one attached hydrogen (secondary N) is 1. The Hall–Kier alpha value is -2.67. The third-order valence-corrected chi connectivity index (χ3v) is 4.62. The molecule has 0 radical (unpaired) electrons. The van der Waals surface area contributed by atoms with E-state index in [9.17, 15) is 4.79 Å². The van der Waals surface area contributed by atoms with Crippen LogP contribution in [-0.2, 0) is 0 Å². The summed E-state index contributed by atoms with van der Waals surface area (Å²) in [5.74, 6) is 0.766. The highest BCUT2D eigenvalue weighted by Gasteiger charge is 2.20. The molecule has 2 aromatic heterocycles. The summed E-state index contributed by atoms with van der Waals surface area (Å²) < 4.78 is 11.3. The first-order valence-electron chi connectivity index (χ1n) is 7.29. The Kier molecular flexibility index (Phi) is 4.35. The fourth-order valence-electron chi connectivity index (χ4n) is 2.43. The molecule has 7 heteroatoms. The van der Waals surface area contributed by atoms with Crippen LogP contribution in [0, 0.1) is 13.8 Å². The molecule has 3 aromatic rings. The zero-order valence-corrected chi connectivity index (χ0v) is 14.7. The molecule has 1 N–H and O–H groups in total. The smallest absolute Gasteiger partial charge is 0.261 e. The minimum absolute atomic E-state index is 0.254. The number of hydrogen-bond donors (Lipinski definition) is 1. The summed E-state index contributed by atoms with van der Waals surface area (Å²) in [5.41, 5.74) is 2.76. The molecule has 0 atom stereocenters. The second kappa shape index (κ2) is 6.45. The number of aryl methyl sites for hydroxylation is 2. The number of thiazole rings is 1. The lowest BCUT2D eigenvalue weighted by Gasteiger charge is -2.12. The van der Waals surface area contributed by atoms with Gasteiger partial charge in [0.1, 0.15) is 11.3 Å². The van der Waals surface area contributed by atoms with Crippen LogP contribution >= 0.6 is 11.3 Å². The van der Waals surface area contributed by atoms with E-state index in [-0.39, 0.29) is 5.91 Å². The first kappa shape index (κ1) is 16.2. The van der Waals surface area contributed by atoms with Gasteiger partial charge in [0.25, 0.3) is 5.91 Å². The average Bonchev–Trinajstić information content (AvgIpc) is 2.95. The Morgan fingerprint density at radius 1 is 1.21 bits per heavy atom. The molecule has 0 fully saturated rings. The van der Waals surface area contributed by atoms with Crippen molar-refractivity contribution in [2.45, 2.75) is 13.8 Å². The van der Waals surface area contributed by atoms with E-state index in [1.807, 2.05) is 19.9 Å². The molecule has 124 valence electrons. The molecule has 1 amide bonds. The van der Waals surface area contributed by atoms with Gasteiger partial charge in [-0.25, -0.2) is 9.97 Å². The summed E-state index contributed by atoms with van der Waals surface area (Å²) in [4.78, 5) is 21.4. The Morgan fingerprint density at radius 3 is 2.67 bits per heavy atom. The maximum absolute atomic E-state index is 12.9. The number of aromatic nitrogens is 2. The number of anilines is 1. The number of fused-ring (bicyclic) bond motifs is 1. The summed E-state index contributed by atoms with van der Waals surface area (Å²) >= 11 is 1.47. The van der Waals surface area contributed by atoms with Crippen LogP contribution in [0.25, 0.3) is 10.2 Å². The van der Waals surface area contributed by atoms with Gasteiger partial charge < -0.3 is 14.8 Å². The van der Waals surface area contributed by atoms with Crippen LogP contribution in [0.4, 0.5) is 5.69 Å². The zero-order valence-electron chi connectivity index (χ0n) is 13.8. The van der Waals surface area contributed by atoms with Crippen LogP contribution in [0.15, 0.2) is 24.4 Å². The van der Waals surface area contributed by atoms with E-state index in [4.69, 9.17) is 9.47 Å². The molecule has 0 spiro atoms. The monoisotopic (exact) mass is 343 g/mol. The number of carbonyl (C=O) groups excluding carboxylic acids is 1. The quantitative estimate of drug-likeness (QED) is 0.784. The molecule has 0 saturated heterocycles. The third-order valence-electron chi connectivity index (χ3n) is 3.62. The fraction of sp³-hybridized carbons (Fsp3) is 0.235. The number of ether oxygens (including phenoxy) is 2. The Balaban J connectivity index is 2.02. The predicted octanol–water partition coefficient (Wildman–Crippen LogP) is 3.58. The second-order valence-corrected chi connectivity index (χ2v) is 6.42. The molecule has 3 rings (SSSR count). The highest BCUT2D eigenvalue weighted by Crippen LogP contribution is 2.33. The molecular formula is C17H17N3O3S. The molecule has 0 unspecified atom stereocenters. The van der Waals surface area contributed by atoms with E-state index in [1.165, 1.54) is 11.3 Å². The summed E-state index contributed by atoms with van der Waals surface area (Å²) in [7, 11) is 3.10. The van der Waals surface area contributed by atoms with Gasteiger partial charge >= 0.3 is 0 Å². The van der Waals surface area contributed by atoms with E-state index >= 15 is 0 Å². The normalized spacial score (nSPS) is 10.7. The van der Waals surface area contributed by atoms with E-state index in [1.54, 1.807) is 32.5 Å². The number of hydrogen-bond acceptors (Lipinski definition) is 6. The maximum atomic E-state index is 12.9. The number of carbonyl (C=O) groups is 1. The van der Waals surface area contributed by atoms with Crippen molar-refractivity contribution < 1.29 is 14.3 Å². The third kappa shape index (κ3) is 2.90. The lowest BCUT2D eigenvalue weighted by molar-refractivity contribution is 0.102. The lowest BCUT2D eigenvalue weighted by Crippen LogP contribution is -2.14. The van der Waals surface area contributed by atoms with Crippen molar-refractivity contribution in [3.05, 3.63) is 40.5 Å². The van der Waals surface area contributed by atoms with Gasteiger partial charge in [0, 0.05) is 6.07 Å². The van der Waals surface area contributed by atoms with Crippen LogP contribution in [0.1, 0.15) is 20.9 Å². The van der Waals surface area contributed by atoms with Gasteiger partial charge in [0.05, 0.1) is 41.3 Å². The van der Waals surface area contributed by atoms with Gasteiger partial charge in [-0.1, -0.05) is 0 Å². The highest BCUT2D eigenvalue weighted by atomic mass is 32.1. The molecule has 24 heavy (non-hydrogen) atoms. The van der Waals surface area contributed by atoms with E-state index in [0.29, 0.717) is 22.9 Å². The summed E-state index contributed by atoms with van der Waals surface area (Å²) in [6.07, 6.45) is 1.58. The fourth-order valence-corrected chi connectivity index (χ4v) is 3.38. The van der Waals surface area contributed by atoms with Crippen molar-refractivity contribution in [2.75, 3.05) is 19.5 Å². The molecule has 0 aliphatic rings. The highest BCUT2D eigenvalue weighted by molar-refractivity contribution is 7.19. The largest absolute Gasteiger partial charge is 0.496 e. The number of benzene rings is 1. The number of nitrogens with zero attached hydrogens (tertiary/aromatic N) is 2. The van der Waals surface area contributed by atoms with Gasteiger partial charge in [-0.05, 0) is 31.5 Å². The molecule has 0 aliphatic heterocycles. The zero-order chi connectivity index (χ0) is 17.3. The SMILES string of the molecule is COc1cc(C)c(NC(=O)c2c(OC)ccc3nc(C)sc23)cn1. The summed E-state index contributed by atoms with van der Waals surface area (Å²) in [5, 5.41) is 3.79. The van der Waals surface area contributed by atoms with Crippen molar-refractivity contribution in [3.63, 3.8) is 0 Å². The minimum Gasteiger partial charge on any atom is -0.496 e. The lowest BCUT2D eigenvalue weighted by atomic mass is 10.1. The van der Waals surface area contributed by atoms with Gasteiger partial charge in [0.15, 0.2) is 0 Å². The number of amides is 1. The van der Waals surface area contributed by atoms with Gasteiger partial charge in [-0.2, -0.15) is 0 Å². The maximum Gasteiger partial charge on any atom is 0.261 e. The summed E-state index contributed by atoms with van der Waals surface area (Å²) in [6, 6.07) is 5.38. The number of pyridine rings is 1. The van der Waals surface area contributed by atoms with E-state index in [0.717, 1.165) is 20.8 Å². The van der Waals surface area contributed by atoms with Crippen molar-refractivity contribution in [3.8, 4) is 11.6 Å². The standard InChI is InChI=1S/C17H17N3O3S/c1-9-7-14(23-4)18-8-12(9)20-17(21)15-13(22-3)6-5-11-16(15)24-10(2)19-11/h5-8H,1-4H3,(H,20,21). The van der Waals surface area contributed by atoms with Crippen LogP contribution < -0.4 is 14.8 Å². The van der Waals surface area contributed by atoms with Crippen LogP contribution in [0.5, 0.6) is 11.6 Å². The second-order valence-electron chi connectivity index (χ2n) is 5.22. The van der Waals surface area contributed by atoms with Crippen LogP contribution in [0.2, 0.25) is 0 Å². The molecule has 1 aromatic carbocycles. The first-order valence-corrected chi connectivity index (χ1v) is 8.11. The number of rotatable bonds is 4. The van der Waals surface area contributed by atoms with Crippen molar-refractivity contribution in [2.24, 2.45) is 0 Å². The molecular weight excluding hydrogens is 326 g/mol. The average molecular weight is 343 g/mol. The number of methoxy groups -OCH3 is 2. The Labute approximate surface area is 143 Å². The summed E-state index contributed by atoms with van der Waals surface area (Å²) in [6.45, 7) is 3.80. The Morgan fingerprint density at radius 2 is 2.00 bits per heavy atom. The van der Waals surface area contributed by atoms with Crippen LogP contribution in [-0.4, -0.2) is 30.1 Å². The van der Waals surface area contributed by atoms with Crippen molar-refractivity contribution in [1.82, 2.24) is 9.97 Å². The van der Waals surface area contributed by atoms with Gasteiger partial charge in [0.2, 0.25) is 5.88 Å². The van der Waals surface area contributed by atoms with Crippen molar-refractivity contribution in [1.29, 1.82) is 0 Å². The Bertz CT molecular complexity index is 921. The van der Waals surface area contributed by atoms with Crippen molar-refractivity contribution >= 4 is 33.1 Å². The molecule has 2 heterocycles. The van der Waals surface area contributed by atoms with Gasteiger partial charge in [-0.3, -0.25) is 4.79 Å². The first-order chi connectivity index (χ1) is 11.5. The minimum atomic E-state index is -0.254. The molecule has 0 bridgehead atoms. The molecule has 6 nitrogen and oxygen atoms in total. The van der Waals surface area contributed by atoms with E-state index < -0.39 is 0 Å².